The van der Waals surface area contributed by atoms with Crippen LogP contribution in [0, 0.1) is 25.6 Å². The van der Waals surface area contributed by atoms with Crippen LogP contribution in [0.2, 0.25) is 0 Å². The Morgan fingerprint density at radius 2 is 1.67 bits per heavy atom. The second kappa shape index (κ2) is 10.1. The van der Waals surface area contributed by atoms with Gasteiger partial charge in [-0.2, -0.15) is 5.10 Å². The summed E-state index contributed by atoms with van der Waals surface area (Å²) < 4.78 is 16.6. The monoisotopic (exact) mass is 486 g/mol. The summed E-state index contributed by atoms with van der Waals surface area (Å²) in [6.07, 6.45) is 4.65. The van der Waals surface area contributed by atoms with Crippen molar-refractivity contribution < 1.29 is 9.18 Å². The number of piperidine rings is 1. The Morgan fingerprint density at radius 1 is 0.972 bits per heavy atom. The molecule has 0 spiro atoms. The van der Waals surface area contributed by atoms with Crippen molar-refractivity contribution in [1.82, 2.24) is 19.2 Å². The van der Waals surface area contributed by atoms with Crippen LogP contribution in [0.1, 0.15) is 35.4 Å². The fourth-order valence-electron chi connectivity index (χ4n) is 5.33. The van der Waals surface area contributed by atoms with Crippen LogP contribution in [0.4, 0.5) is 4.39 Å². The molecule has 6 nitrogen and oxygen atoms in total. The molecule has 2 aromatic carbocycles. The molecule has 2 aromatic heterocycles. The van der Waals surface area contributed by atoms with Gasteiger partial charge < -0.3 is 9.47 Å². The zero-order valence-electron chi connectivity index (χ0n) is 20.8. The van der Waals surface area contributed by atoms with E-state index in [2.05, 4.69) is 29.4 Å². The van der Waals surface area contributed by atoms with E-state index in [1.807, 2.05) is 29.4 Å². The van der Waals surface area contributed by atoms with Crippen molar-refractivity contribution in [3.8, 4) is 0 Å². The van der Waals surface area contributed by atoms with Gasteiger partial charge in [0.2, 0.25) is 5.91 Å². The number of halogens is 1. The molecule has 0 unspecified atom stereocenters. The maximum atomic E-state index is 13.4. The van der Waals surface area contributed by atoms with Gasteiger partial charge in [0.05, 0.1) is 11.6 Å². The number of hydrogen-bond acceptors (Lipinski definition) is 3. The van der Waals surface area contributed by atoms with Crippen molar-refractivity contribution in [3.63, 3.8) is 0 Å². The topological polar surface area (TPSA) is 60.1 Å². The Labute approximate surface area is 210 Å². The van der Waals surface area contributed by atoms with E-state index in [1.165, 1.54) is 22.4 Å². The molecule has 0 aliphatic carbocycles. The van der Waals surface area contributed by atoms with Crippen molar-refractivity contribution in [2.75, 3.05) is 13.1 Å². The van der Waals surface area contributed by atoms with E-state index in [0.717, 1.165) is 41.6 Å². The van der Waals surface area contributed by atoms with Gasteiger partial charge in [-0.25, -0.2) is 9.07 Å². The fourth-order valence-corrected chi connectivity index (χ4v) is 5.33. The van der Waals surface area contributed by atoms with Gasteiger partial charge in [-0.15, -0.1) is 0 Å². The van der Waals surface area contributed by atoms with E-state index in [4.69, 9.17) is 0 Å². The summed E-state index contributed by atoms with van der Waals surface area (Å²) in [7, 11) is 0. The summed E-state index contributed by atoms with van der Waals surface area (Å²) in [5, 5.41) is 5.70. The fraction of sp³-hybridized carbons (Fsp3) is 0.345. The smallest absolute Gasteiger partial charge is 0.276 e. The lowest BCUT2D eigenvalue weighted by Crippen LogP contribution is -2.42. The largest absolute Gasteiger partial charge is 0.343 e. The lowest BCUT2D eigenvalue weighted by atomic mass is 9.90. The molecule has 5 rings (SSSR count). The zero-order chi connectivity index (χ0) is 25.2. The van der Waals surface area contributed by atoms with Crippen LogP contribution in [0.25, 0.3) is 10.8 Å². The normalized spacial score (nSPS) is 14.5. The Kier molecular flexibility index (Phi) is 6.72. The van der Waals surface area contributed by atoms with Crippen molar-refractivity contribution in [3.05, 3.63) is 99.5 Å². The number of benzene rings is 2. The number of fused-ring (bicyclic) bond motifs is 1. The lowest BCUT2D eigenvalue weighted by molar-refractivity contribution is -0.133. The standard InChI is InChI=1S/C29H31FN4O2/c1-20-26-17-31-34(29(36)28(26)21(2)33(20)18-24-8-10-25(30)11-9-24)19-27(35)32-14-12-23(13-15-32)16-22-6-4-3-5-7-22/h3-11,17,23H,12-16,18-19H2,1-2H3. The maximum Gasteiger partial charge on any atom is 0.276 e. The molecule has 1 aliphatic heterocycles. The number of aryl methyl sites for hydroxylation is 2. The SMILES string of the molecule is Cc1c2cnn(CC(=O)N3CCC(Cc4ccccc4)CC3)c(=O)c2c(C)n1Cc1ccc(F)cc1. The van der Waals surface area contributed by atoms with Crippen molar-refractivity contribution in [1.29, 1.82) is 0 Å². The molecule has 1 fully saturated rings. The first-order valence-electron chi connectivity index (χ1n) is 12.5. The van der Waals surface area contributed by atoms with Gasteiger partial charge in [-0.05, 0) is 62.3 Å². The van der Waals surface area contributed by atoms with E-state index in [9.17, 15) is 14.0 Å². The molecule has 186 valence electrons. The van der Waals surface area contributed by atoms with Crippen LogP contribution in [-0.2, 0) is 24.3 Å². The Bertz CT molecular complexity index is 1430. The van der Waals surface area contributed by atoms with Gasteiger partial charge in [-0.1, -0.05) is 42.5 Å². The van der Waals surface area contributed by atoms with E-state index >= 15 is 0 Å². The highest BCUT2D eigenvalue weighted by atomic mass is 19.1. The third-order valence-corrected chi connectivity index (χ3v) is 7.48. The highest BCUT2D eigenvalue weighted by Crippen LogP contribution is 2.24. The number of rotatable bonds is 6. The molecule has 1 aliphatic rings. The first-order chi connectivity index (χ1) is 17.4. The molecule has 0 saturated carbocycles. The summed E-state index contributed by atoms with van der Waals surface area (Å²) in [4.78, 5) is 28.2. The molecule has 36 heavy (non-hydrogen) atoms. The Balaban J connectivity index is 1.29. The molecule has 0 bridgehead atoms. The molecule has 7 heteroatoms. The highest BCUT2D eigenvalue weighted by molar-refractivity contribution is 5.87. The van der Waals surface area contributed by atoms with Crippen LogP contribution >= 0.6 is 0 Å². The van der Waals surface area contributed by atoms with Gasteiger partial charge >= 0.3 is 0 Å². The van der Waals surface area contributed by atoms with Crippen molar-refractivity contribution in [2.24, 2.45) is 5.92 Å². The molecule has 0 radical (unpaired) electrons. The highest BCUT2D eigenvalue weighted by Gasteiger charge is 2.24. The number of hydrogen-bond donors (Lipinski definition) is 0. The van der Waals surface area contributed by atoms with E-state index in [-0.39, 0.29) is 23.8 Å². The van der Waals surface area contributed by atoms with Gasteiger partial charge in [0.25, 0.3) is 5.56 Å². The van der Waals surface area contributed by atoms with Crippen LogP contribution in [0.3, 0.4) is 0 Å². The third-order valence-electron chi connectivity index (χ3n) is 7.48. The maximum absolute atomic E-state index is 13.4. The number of aromatic nitrogens is 3. The summed E-state index contributed by atoms with van der Waals surface area (Å²) >= 11 is 0. The predicted molar refractivity (Wildman–Crippen MR) is 138 cm³/mol. The minimum atomic E-state index is -0.276. The first kappa shape index (κ1) is 24.0. The predicted octanol–water partition coefficient (Wildman–Crippen LogP) is 4.48. The Hall–Kier alpha value is -3.74. The number of carbonyl (C=O) groups excluding carboxylic acids is 1. The van der Waals surface area contributed by atoms with Crippen LogP contribution in [0.5, 0.6) is 0 Å². The quantitative estimate of drug-likeness (QED) is 0.404. The second-order valence-corrected chi connectivity index (χ2v) is 9.79. The average molecular weight is 487 g/mol. The second-order valence-electron chi connectivity index (χ2n) is 9.79. The van der Waals surface area contributed by atoms with Gasteiger partial charge in [-0.3, -0.25) is 9.59 Å². The molecule has 1 amide bonds. The number of likely N-dealkylation sites (tertiary alicyclic amines) is 1. The molecular formula is C29H31FN4O2. The molecule has 1 saturated heterocycles. The summed E-state index contributed by atoms with van der Waals surface area (Å²) in [5.74, 6) is 0.226. The number of nitrogens with zero attached hydrogens (tertiary/aromatic N) is 4. The number of carbonyl (C=O) groups is 1. The van der Waals surface area contributed by atoms with Crippen molar-refractivity contribution >= 4 is 16.7 Å². The summed E-state index contributed by atoms with van der Waals surface area (Å²) in [5.41, 5.74) is 3.78. The molecule has 3 heterocycles. The minimum Gasteiger partial charge on any atom is -0.343 e. The lowest BCUT2D eigenvalue weighted by Gasteiger charge is -2.32. The van der Waals surface area contributed by atoms with E-state index in [0.29, 0.717) is 30.9 Å². The zero-order valence-corrected chi connectivity index (χ0v) is 20.8. The molecule has 0 N–H and O–H groups in total. The van der Waals surface area contributed by atoms with E-state index in [1.54, 1.807) is 18.3 Å². The molecular weight excluding hydrogens is 455 g/mol. The van der Waals surface area contributed by atoms with Crippen LogP contribution in [0.15, 0.2) is 65.6 Å². The average Bonchev–Trinajstić information content (AvgIpc) is 3.13. The Morgan fingerprint density at radius 3 is 2.36 bits per heavy atom. The van der Waals surface area contributed by atoms with E-state index < -0.39 is 0 Å². The number of amides is 1. The minimum absolute atomic E-state index is 0.0558. The molecule has 4 aromatic rings. The van der Waals surface area contributed by atoms with Gasteiger partial charge in [0.15, 0.2) is 0 Å². The van der Waals surface area contributed by atoms with Gasteiger partial charge in [0.1, 0.15) is 12.4 Å². The van der Waals surface area contributed by atoms with Crippen LogP contribution in [-0.4, -0.2) is 38.2 Å². The van der Waals surface area contributed by atoms with Crippen LogP contribution < -0.4 is 5.56 Å². The third kappa shape index (κ3) is 4.83. The summed E-state index contributed by atoms with van der Waals surface area (Å²) in [6, 6.07) is 16.8. The molecule has 0 atom stereocenters. The first-order valence-corrected chi connectivity index (χ1v) is 12.5. The van der Waals surface area contributed by atoms with Crippen molar-refractivity contribution in [2.45, 2.75) is 46.2 Å². The summed E-state index contributed by atoms with van der Waals surface area (Å²) in [6.45, 7) is 5.75. The van der Waals surface area contributed by atoms with Gasteiger partial charge in [0, 0.05) is 36.4 Å².